The number of aryl methyl sites for hydroxylation is 1. The van der Waals surface area contributed by atoms with Gasteiger partial charge in [-0.25, -0.2) is 20.8 Å². The van der Waals surface area contributed by atoms with Gasteiger partial charge in [-0.1, -0.05) is 23.9 Å². The summed E-state index contributed by atoms with van der Waals surface area (Å²) in [7, 11) is 1.90. The Morgan fingerprint density at radius 1 is 1.30 bits per heavy atom. The van der Waals surface area contributed by atoms with Crippen LogP contribution in [0, 0.1) is 11.3 Å². The van der Waals surface area contributed by atoms with Gasteiger partial charge in [-0.3, -0.25) is 0 Å². The van der Waals surface area contributed by atoms with Crippen LogP contribution < -0.4 is 11.3 Å². The number of anilines is 1. The Hall–Kier alpha value is -2.63. The second-order valence-corrected chi connectivity index (χ2v) is 5.66. The first kappa shape index (κ1) is 15.3. The summed E-state index contributed by atoms with van der Waals surface area (Å²) >= 11 is 1.39. The van der Waals surface area contributed by atoms with Crippen LogP contribution in [0.2, 0.25) is 0 Å². The summed E-state index contributed by atoms with van der Waals surface area (Å²) in [5.74, 6) is 5.97. The fourth-order valence-corrected chi connectivity index (χ4v) is 2.82. The zero-order valence-electron chi connectivity index (χ0n) is 12.7. The van der Waals surface area contributed by atoms with Gasteiger partial charge in [0.15, 0.2) is 5.16 Å². The van der Waals surface area contributed by atoms with Crippen LogP contribution in [0.3, 0.4) is 0 Å². The largest absolute Gasteiger partial charge is 0.330 e. The van der Waals surface area contributed by atoms with Crippen molar-refractivity contribution in [3.63, 3.8) is 0 Å². The zero-order chi connectivity index (χ0) is 16.4. The second kappa shape index (κ2) is 6.24. The summed E-state index contributed by atoms with van der Waals surface area (Å²) in [5, 5.41) is 10.2. The van der Waals surface area contributed by atoms with Gasteiger partial charge >= 0.3 is 0 Å². The number of benzene rings is 1. The molecule has 8 heteroatoms. The molecule has 0 aliphatic heterocycles. The molecule has 3 rings (SSSR count). The summed E-state index contributed by atoms with van der Waals surface area (Å²) in [4.78, 5) is 13.3. The van der Waals surface area contributed by atoms with Crippen molar-refractivity contribution in [1.82, 2.24) is 19.5 Å². The second-order valence-electron chi connectivity index (χ2n) is 4.89. The molecule has 1 atom stereocenters. The zero-order valence-corrected chi connectivity index (χ0v) is 13.5. The number of nitrogen functional groups attached to an aromatic ring is 1. The number of hydrogen-bond donors (Lipinski definition) is 2. The van der Waals surface area contributed by atoms with Crippen LogP contribution in [0.15, 0.2) is 35.5 Å². The minimum absolute atomic E-state index is 0.471. The Morgan fingerprint density at radius 3 is 2.74 bits per heavy atom. The first-order valence-corrected chi connectivity index (χ1v) is 8.11. The van der Waals surface area contributed by atoms with Gasteiger partial charge in [0.2, 0.25) is 0 Å². The van der Waals surface area contributed by atoms with E-state index in [1.807, 2.05) is 42.1 Å². The average molecular weight is 325 g/mol. The number of nitriles is 1. The third-order valence-electron chi connectivity index (χ3n) is 3.56. The van der Waals surface area contributed by atoms with Gasteiger partial charge in [-0.15, -0.1) is 0 Å². The van der Waals surface area contributed by atoms with Crippen LogP contribution in [0.1, 0.15) is 17.4 Å². The lowest BCUT2D eigenvalue weighted by atomic mass is 10.1. The van der Waals surface area contributed by atoms with E-state index in [2.05, 4.69) is 26.4 Å². The highest BCUT2D eigenvalue weighted by Gasteiger charge is 2.23. The minimum Gasteiger partial charge on any atom is -0.330 e. The molecule has 0 amide bonds. The topological polar surface area (TPSA) is 105 Å². The molecule has 2 aromatic heterocycles. The molecule has 7 nitrogen and oxygen atoms in total. The highest BCUT2D eigenvalue weighted by atomic mass is 32.2. The number of hydrazine groups is 1. The van der Waals surface area contributed by atoms with E-state index in [0.717, 1.165) is 11.0 Å². The quantitative estimate of drug-likeness (QED) is 0.327. The van der Waals surface area contributed by atoms with Crippen LogP contribution in [-0.4, -0.2) is 25.8 Å². The maximum absolute atomic E-state index is 9.69. The number of hydrogen-bond acceptors (Lipinski definition) is 7. The molecule has 3 aromatic rings. The molecule has 3 N–H and O–H groups in total. The molecule has 0 spiro atoms. The van der Waals surface area contributed by atoms with E-state index < -0.39 is 5.92 Å². The molecule has 2 heterocycles. The number of nitrogens with one attached hydrogen (secondary N) is 1. The SMILES string of the molecule is CSc1nc(NN)cc([C@H](C#N)c2nc3ccccc3n2C)n1. The van der Waals surface area contributed by atoms with Crippen LogP contribution in [0.4, 0.5) is 5.82 Å². The van der Waals surface area contributed by atoms with E-state index in [1.54, 1.807) is 6.07 Å². The van der Waals surface area contributed by atoms with Gasteiger partial charge in [0, 0.05) is 13.1 Å². The normalized spacial score (nSPS) is 12.1. The maximum Gasteiger partial charge on any atom is 0.189 e. The molecule has 1 aromatic carbocycles. The fourth-order valence-electron chi connectivity index (χ4n) is 2.43. The maximum atomic E-state index is 9.69. The van der Waals surface area contributed by atoms with Crippen molar-refractivity contribution >= 4 is 28.6 Å². The molecule has 0 bridgehead atoms. The highest BCUT2D eigenvalue weighted by Crippen LogP contribution is 2.27. The first-order valence-electron chi connectivity index (χ1n) is 6.88. The lowest BCUT2D eigenvalue weighted by Crippen LogP contribution is -2.13. The van der Waals surface area contributed by atoms with Gasteiger partial charge in [0.1, 0.15) is 17.6 Å². The van der Waals surface area contributed by atoms with Gasteiger partial charge in [-0.05, 0) is 18.4 Å². The van der Waals surface area contributed by atoms with Crippen molar-refractivity contribution in [3.8, 4) is 6.07 Å². The van der Waals surface area contributed by atoms with Crippen molar-refractivity contribution < 1.29 is 0 Å². The molecule has 0 fully saturated rings. The lowest BCUT2D eigenvalue weighted by molar-refractivity contribution is 0.766. The monoisotopic (exact) mass is 325 g/mol. The van der Waals surface area contributed by atoms with Crippen molar-refractivity contribution in [2.24, 2.45) is 12.9 Å². The van der Waals surface area contributed by atoms with E-state index in [9.17, 15) is 5.26 Å². The van der Waals surface area contributed by atoms with Crippen LogP contribution in [0.25, 0.3) is 11.0 Å². The van der Waals surface area contributed by atoms with Crippen molar-refractivity contribution in [2.45, 2.75) is 11.1 Å². The molecular formula is C15H15N7S. The predicted octanol–water partition coefficient (Wildman–Crippen LogP) is 2.03. The molecule has 0 saturated heterocycles. The molecule has 116 valence electrons. The molecule has 0 saturated carbocycles. The number of para-hydroxylation sites is 2. The van der Waals surface area contributed by atoms with Crippen molar-refractivity contribution in [3.05, 3.63) is 41.9 Å². The molecule has 0 aliphatic carbocycles. The third kappa shape index (κ3) is 2.72. The van der Waals surface area contributed by atoms with E-state index in [4.69, 9.17) is 5.84 Å². The summed E-state index contributed by atoms with van der Waals surface area (Å²) in [5.41, 5.74) is 4.90. The number of imidazole rings is 1. The summed E-state index contributed by atoms with van der Waals surface area (Å²) in [6, 6.07) is 11.7. The first-order chi connectivity index (χ1) is 11.2. The van der Waals surface area contributed by atoms with E-state index in [0.29, 0.717) is 22.5 Å². The predicted molar refractivity (Wildman–Crippen MR) is 89.8 cm³/mol. The Bertz CT molecular complexity index is 874. The number of fused-ring (bicyclic) bond motifs is 1. The van der Waals surface area contributed by atoms with E-state index in [-0.39, 0.29) is 0 Å². The number of nitrogens with zero attached hydrogens (tertiary/aromatic N) is 5. The fraction of sp³-hybridized carbons (Fsp3) is 0.200. The van der Waals surface area contributed by atoms with Crippen molar-refractivity contribution in [1.29, 1.82) is 5.26 Å². The molecular weight excluding hydrogens is 310 g/mol. The molecule has 23 heavy (non-hydrogen) atoms. The van der Waals surface area contributed by atoms with Crippen LogP contribution in [-0.2, 0) is 7.05 Å². The lowest BCUT2D eigenvalue weighted by Gasteiger charge is -2.11. The smallest absolute Gasteiger partial charge is 0.189 e. The number of thioether (sulfide) groups is 1. The van der Waals surface area contributed by atoms with Gasteiger partial charge in [0.05, 0.1) is 22.8 Å². The summed E-state index contributed by atoms with van der Waals surface area (Å²) in [6.07, 6.45) is 1.87. The van der Waals surface area contributed by atoms with Crippen LogP contribution in [0.5, 0.6) is 0 Å². The third-order valence-corrected chi connectivity index (χ3v) is 4.11. The van der Waals surface area contributed by atoms with E-state index in [1.165, 1.54) is 11.8 Å². The minimum atomic E-state index is -0.603. The molecule has 0 aliphatic rings. The van der Waals surface area contributed by atoms with Gasteiger partial charge in [0.25, 0.3) is 0 Å². The van der Waals surface area contributed by atoms with Crippen molar-refractivity contribution in [2.75, 3.05) is 11.7 Å². The average Bonchev–Trinajstić information content (AvgIpc) is 2.92. The number of nitrogens with two attached hydrogens (primary N) is 1. The molecule has 0 radical (unpaired) electrons. The summed E-state index contributed by atoms with van der Waals surface area (Å²) in [6.45, 7) is 0. The summed E-state index contributed by atoms with van der Waals surface area (Å²) < 4.78 is 1.92. The number of aromatic nitrogens is 4. The molecule has 0 unspecified atom stereocenters. The Labute approximate surface area is 137 Å². The Balaban J connectivity index is 2.16. The van der Waals surface area contributed by atoms with Crippen LogP contribution >= 0.6 is 11.8 Å². The van der Waals surface area contributed by atoms with Gasteiger partial charge < -0.3 is 9.99 Å². The van der Waals surface area contributed by atoms with Gasteiger partial charge in [-0.2, -0.15) is 5.26 Å². The highest BCUT2D eigenvalue weighted by molar-refractivity contribution is 7.98. The Kier molecular flexibility index (Phi) is 4.14. The Morgan fingerprint density at radius 2 is 2.09 bits per heavy atom. The number of rotatable bonds is 4. The van der Waals surface area contributed by atoms with E-state index >= 15 is 0 Å². The standard InChI is InChI=1S/C15H15N7S/c1-22-12-6-4-3-5-10(12)18-14(22)9(8-16)11-7-13(21-17)20-15(19-11)23-2/h3-7,9H,17H2,1-2H3,(H,19,20,21)/t9-/m0/s1.